The molecular weight excluding hydrogens is 466 g/mol. The first-order valence-electron chi connectivity index (χ1n) is 10.8. The molecule has 0 heterocycles. The zero-order chi connectivity index (χ0) is 25.4. The number of thioether (sulfide) groups is 1. The molecule has 0 aliphatic heterocycles. The number of carbonyl (C=O) groups is 3. The van der Waals surface area contributed by atoms with Gasteiger partial charge in [0.25, 0.3) is 5.91 Å². The normalized spacial score (nSPS) is 11.2. The fraction of sp³-hybridized carbons (Fsp3) is 0.192. The summed E-state index contributed by atoms with van der Waals surface area (Å²) < 4.78 is 10.6. The predicted octanol–water partition coefficient (Wildman–Crippen LogP) is 5.03. The van der Waals surface area contributed by atoms with Crippen LogP contribution in [0.1, 0.15) is 24.2 Å². The summed E-state index contributed by atoms with van der Waals surface area (Å²) in [6.07, 6.45) is 0. The van der Waals surface area contributed by atoms with Gasteiger partial charge < -0.3 is 25.4 Å². The molecule has 1 unspecified atom stereocenters. The fourth-order valence-corrected chi connectivity index (χ4v) is 4.18. The molecule has 3 rings (SSSR count). The molecule has 0 aliphatic carbocycles. The summed E-state index contributed by atoms with van der Waals surface area (Å²) in [6, 6.07) is 19.3. The molecule has 3 aromatic rings. The van der Waals surface area contributed by atoms with Gasteiger partial charge in [0.2, 0.25) is 11.8 Å². The highest BCUT2D eigenvalue weighted by Crippen LogP contribution is 2.30. The summed E-state index contributed by atoms with van der Waals surface area (Å²) in [5.74, 6) is 0.114. The molecule has 0 spiro atoms. The number of methoxy groups -OCH3 is 2. The number of ether oxygens (including phenoxy) is 2. The molecule has 3 amide bonds. The Bertz CT molecular complexity index is 1190. The summed E-state index contributed by atoms with van der Waals surface area (Å²) in [7, 11) is 2.99. The van der Waals surface area contributed by atoms with E-state index in [1.807, 2.05) is 12.1 Å². The smallest absolute Gasteiger partial charge is 0.263 e. The molecule has 3 N–H and O–H groups in total. The monoisotopic (exact) mass is 493 g/mol. The molecule has 35 heavy (non-hydrogen) atoms. The van der Waals surface area contributed by atoms with Crippen molar-refractivity contribution in [3.05, 3.63) is 72.3 Å². The molecule has 182 valence electrons. The maximum absolute atomic E-state index is 12.9. The molecule has 0 aromatic heterocycles. The fourth-order valence-electron chi connectivity index (χ4n) is 3.26. The number of benzene rings is 3. The third kappa shape index (κ3) is 7.00. The maximum atomic E-state index is 12.9. The van der Waals surface area contributed by atoms with E-state index in [1.54, 1.807) is 61.5 Å². The lowest BCUT2D eigenvalue weighted by Crippen LogP contribution is -2.22. The van der Waals surface area contributed by atoms with Gasteiger partial charge >= 0.3 is 0 Å². The van der Waals surface area contributed by atoms with E-state index < -0.39 is 5.25 Å². The van der Waals surface area contributed by atoms with Crippen LogP contribution in [0, 0.1) is 0 Å². The van der Waals surface area contributed by atoms with Crippen LogP contribution in [0.2, 0.25) is 0 Å². The van der Waals surface area contributed by atoms with Crippen LogP contribution in [-0.4, -0.2) is 37.2 Å². The highest BCUT2D eigenvalue weighted by Gasteiger charge is 2.19. The van der Waals surface area contributed by atoms with Gasteiger partial charge in [0.05, 0.1) is 19.5 Å². The van der Waals surface area contributed by atoms with Gasteiger partial charge in [-0.25, -0.2) is 0 Å². The number of carbonyl (C=O) groups excluding carboxylic acids is 3. The van der Waals surface area contributed by atoms with E-state index in [9.17, 15) is 14.4 Å². The number of hydrogen-bond acceptors (Lipinski definition) is 6. The Hall–Kier alpha value is -3.98. The van der Waals surface area contributed by atoms with Gasteiger partial charge in [-0.15, -0.1) is 11.8 Å². The summed E-state index contributed by atoms with van der Waals surface area (Å²) in [4.78, 5) is 37.6. The molecule has 0 saturated carbocycles. The molecule has 0 aliphatic rings. The van der Waals surface area contributed by atoms with Gasteiger partial charge in [0.1, 0.15) is 17.1 Å². The maximum Gasteiger partial charge on any atom is 0.263 e. The first-order valence-corrected chi connectivity index (χ1v) is 11.7. The zero-order valence-corrected chi connectivity index (χ0v) is 20.7. The minimum absolute atomic E-state index is 0.160. The highest BCUT2D eigenvalue weighted by atomic mass is 32.2. The predicted molar refractivity (Wildman–Crippen MR) is 139 cm³/mol. The molecule has 0 bridgehead atoms. The molecule has 0 radical (unpaired) electrons. The summed E-state index contributed by atoms with van der Waals surface area (Å²) in [5, 5.41) is 8.02. The number of nitrogens with one attached hydrogen (secondary N) is 3. The van der Waals surface area contributed by atoms with Crippen molar-refractivity contribution < 1.29 is 23.9 Å². The molecule has 3 aromatic carbocycles. The lowest BCUT2D eigenvalue weighted by Gasteiger charge is -2.15. The lowest BCUT2D eigenvalue weighted by atomic mass is 10.1. The van der Waals surface area contributed by atoms with Gasteiger partial charge in [-0.05, 0) is 61.5 Å². The molecule has 0 fully saturated rings. The number of anilines is 3. The van der Waals surface area contributed by atoms with Crippen LogP contribution in [0.5, 0.6) is 11.5 Å². The van der Waals surface area contributed by atoms with Crippen molar-refractivity contribution in [3.63, 3.8) is 0 Å². The number of rotatable bonds is 9. The van der Waals surface area contributed by atoms with Gasteiger partial charge in [-0.1, -0.05) is 12.1 Å². The molecule has 8 nitrogen and oxygen atoms in total. The second kappa shape index (κ2) is 11.9. The van der Waals surface area contributed by atoms with Crippen molar-refractivity contribution in [1.29, 1.82) is 0 Å². The average Bonchev–Trinajstić information content (AvgIpc) is 2.84. The standard InChI is InChI=1S/C26H27N3O5S/c1-16(25(31)28-19-13-11-18(12-14-19)27-17(2)30)35-21-8-5-7-20(15-21)29-26(32)24-22(33-3)9-6-10-23(24)34-4/h5-16H,1-4H3,(H,27,30)(H,28,31)(H,29,32). The Labute approximate surface area is 208 Å². The van der Waals surface area contributed by atoms with Crippen molar-refractivity contribution >= 4 is 46.5 Å². The molecule has 9 heteroatoms. The van der Waals surface area contributed by atoms with Crippen LogP contribution in [-0.2, 0) is 9.59 Å². The van der Waals surface area contributed by atoms with Crippen molar-refractivity contribution in [2.24, 2.45) is 0 Å². The molecule has 1 atom stereocenters. The van der Waals surface area contributed by atoms with Gasteiger partial charge in [0, 0.05) is 28.9 Å². The Kier molecular flexibility index (Phi) is 8.74. The minimum atomic E-state index is -0.398. The van der Waals surface area contributed by atoms with Crippen LogP contribution in [0.4, 0.5) is 17.1 Å². The van der Waals surface area contributed by atoms with Gasteiger partial charge in [-0.2, -0.15) is 0 Å². The van der Waals surface area contributed by atoms with E-state index in [2.05, 4.69) is 16.0 Å². The molecular formula is C26H27N3O5S. The summed E-state index contributed by atoms with van der Waals surface area (Å²) >= 11 is 1.37. The van der Waals surface area contributed by atoms with Crippen LogP contribution in [0.3, 0.4) is 0 Å². The van der Waals surface area contributed by atoms with Crippen LogP contribution in [0.15, 0.2) is 71.6 Å². The van der Waals surface area contributed by atoms with Gasteiger partial charge in [0.15, 0.2) is 0 Å². The Balaban J connectivity index is 1.64. The van der Waals surface area contributed by atoms with Crippen molar-refractivity contribution in [2.75, 3.05) is 30.2 Å². The Morgan fingerprint density at radius 2 is 1.34 bits per heavy atom. The second-order valence-electron chi connectivity index (χ2n) is 7.53. The Morgan fingerprint density at radius 3 is 1.91 bits per heavy atom. The highest BCUT2D eigenvalue weighted by molar-refractivity contribution is 8.00. The van der Waals surface area contributed by atoms with Crippen molar-refractivity contribution in [3.8, 4) is 11.5 Å². The Morgan fingerprint density at radius 1 is 0.771 bits per heavy atom. The van der Waals surface area contributed by atoms with Crippen LogP contribution >= 0.6 is 11.8 Å². The van der Waals surface area contributed by atoms with E-state index in [1.165, 1.54) is 32.9 Å². The SMILES string of the molecule is COc1cccc(OC)c1C(=O)Nc1cccc(SC(C)C(=O)Nc2ccc(NC(C)=O)cc2)c1. The van der Waals surface area contributed by atoms with Crippen LogP contribution in [0.25, 0.3) is 0 Å². The first kappa shape index (κ1) is 25.6. The summed E-state index contributed by atoms with van der Waals surface area (Å²) in [5.41, 5.74) is 2.16. The lowest BCUT2D eigenvalue weighted by molar-refractivity contribution is -0.115. The zero-order valence-electron chi connectivity index (χ0n) is 19.9. The number of amides is 3. The van der Waals surface area contributed by atoms with E-state index in [0.717, 1.165) is 4.90 Å². The van der Waals surface area contributed by atoms with E-state index in [4.69, 9.17) is 9.47 Å². The van der Waals surface area contributed by atoms with E-state index in [-0.39, 0.29) is 17.7 Å². The molecule has 0 saturated heterocycles. The van der Waals surface area contributed by atoms with Crippen molar-refractivity contribution in [2.45, 2.75) is 24.0 Å². The van der Waals surface area contributed by atoms with Crippen LogP contribution < -0.4 is 25.4 Å². The number of hydrogen-bond donors (Lipinski definition) is 3. The van der Waals surface area contributed by atoms with E-state index in [0.29, 0.717) is 34.1 Å². The topological polar surface area (TPSA) is 106 Å². The van der Waals surface area contributed by atoms with Crippen molar-refractivity contribution in [1.82, 2.24) is 0 Å². The third-order valence-electron chi connectivity index (χ3n) is 4.90. The summed E-state index contributed by atoms with van der Waals surface area (Å²) in [6.45, 7) is 3.24. The largest absolute Gasteiger partial charge is 0.496 e. The average molecular weight is 494 g/mol. The van der Waals surface area contributed by atoms with E-state index >= 15 is 0 Å². The second-order valence-corrected chi connectivity index (χ2v) is 8.94. The quantitative estimate of drug-likeness (QED) is 0.361. The minimum Gasteiger partial charge on any atom is -0.496 e. The van der Waals surface area contributed by atoms with Gasteiger partial charge in [-0.3, -0.25) is 14.4 Å². The third-order valence-corrected chi connectivity index (χ3v) is 6.00. The first-order chi connectivity index (χ1) is 16.8.